The van der Waals surface area contributed by atoms with Crippen LogP contribution in [-0.4, -0.2) is 26.3 Å². The number of hydrogen-bond acceptors (Lipinski definition) is 2. The Balaban J connectivity index is 3.37. The summed E-state index contributed by atoms with van der Waals surface area (Å²) in [6, 6.07) is 0. The fourth-order valence-electron chi connectivity index (χ4n) is 1.24. The van der Waals surface area contributed by atoms with E-state index in [2.05, 4.69) is 6.92 Å². The van der Waals surface area contributed by atoms with E-state index in [1.807, 2.05) is 0 Å². The van der Waals surface area contributed by atoms with E-state index in [4.69, 9.17) is 5.14 Å². The molecule has 0 unspecified atom stereocenters. The van der Waals surface area contributed by atoms with Gasteiger partial charge < -0.3 is 0 Å². The number of unbranched alkanes of at least 4 members (excludes halogenated alkanes) is 5. The van der Waals surface area contributed by atoms with E-state index in [0.717, 1.165) is 12.8 Å². The molecule has 5 heteroatoms. The maximum atomic E-state index is 10.8. The van der Waals surface area contributed by atoms with Gasteiger partial charge in [-0.2, -0.15) is 12.7 Å². The summed E-state index contributed by atoms with van der Waals surface area (Å²) in [5, 5.41) is 4.94. The van der Waals surface area contributed by atoms with Gasteiger partial charge in [-0.05, 0) is 6.42 Å². The summed E-state index contributed by atoms with van der Waals surface area (Å²) >= 11 is 0. The maximum Gasteiger partial charge on any atom is 0.276 e. The molecule has 0 aliphatic heterocycles. The van der Waals surface area contributed by atoms with Crippen molar-refractivity contribution >= 4 is 10.2 Å². The van der Waals surface area contributed by atoms with Crippen molar-refractivity contribution in [1.29, 1.82) is 0 Å². The van der Waals surface area contributed by atoms with Gasteiger partial charge in [0.15, 0.2) is 0 Å². The minimum Gasteiger partial charge on any atom is -0.216 e. The molecule has 0 spiro atoms. The molecule has 0 heterocycles. The maximum absolute atomic E-state index is 10.8. The van der Waals surface area contributed by atoms with Crippen molar-refractivity contribution in [2.75, 3.05) is 13.6 Å². The van der Waals surface area contributed by atoms with Crippen LogP contribution in [0.5, 0.6) is 0 Å². The number of nitrogens with two attached hydrogens (primary N) is 1. The molecular formula is C9H22N2O2S. The fourth-order valence-corrected chi connectivity index (χ4v) is 1.63. The van der Waals surface area contributed by atoms with Crippen LogP contribution in [-0.2, 0) is 10.2 Å². The minimum absolute atomic E-state index is 0.533. The molecule has 0 bridgehead atoms. The lowest BCUT2D eigenvalue weighted by molar-refractivity contribution is 0.450. The van der Waals surface area contributed by atoms with Gasteiger partial charge in [-0.25, -0.2) is 5.14 Å². The Hall–Kier alpha value is -0.130. The first-order valence-corrected chi connectivity index (χ1v) is 6.73. The zero-order chi connectivity index (χ0) is 11.0. The lowest BCUT2D eigenvalue weighted by Gasteiger charge is -2.12. The Morgan fingerprint density at radius 3 is 2.07 bits per heavy atom. The predicted molar refractivity (Wildman–Crippen MR) is 59.1 cm³/mol. The summed E-state index contributed by atoms with van der Waals surface area (Å²) in [6.45, 7) is 2.71. The zero-order valence-electron chi connectivity index (χ0n) is 9.20. The van der Waals surface area contributed by atoms with Gasteiger partial charge >= 0.3 is 0 Å². The quantitative estimate of drug-likeness (QED) is 0.632. The van der Waals surface area contributed by atoms with E-state index in [0.29, 0.717) is 6.54 Å². The van der Waals surface area contributed by atoms with Crippen molar-refractivity contribution in [3.63, 3.8) is 0 Å². The summed E-state index contributed by atoms with van der Waals surface area (Å²) in [6.07, 6.45) is 6.92. The van der Waals surface area contributed by atoms with Crippen molar-refractivity contribution in [1.82, 2.24) is 4.31 Å². The predicted octanol–water partition coefficient (Wildman–Crippen LogP) is 1.48. The SMILES string of the molecule is CCCCCCCCN(C)S(N)(=O)=O. The molecule has 0 amide bonds. The topological polar surface area (TPSA) is 63.4 Å². The van der Waals surface area contributed by atoms with E-state index in [1.54, 1.807) is 0 Å². The van der Waals surface area contributed by atoms with Crippen LogP contribution in [0.15, 0.2) is 0 Å². The van der Waals surface area contributed by atoms with Gasteiger partial charge in [0.1, 0.15) is 0 Å². The van der Waals surface area contributed by atoms with Gasteiger partial charge in [0.2, 0.25) is 0 Å². The normalized spacial score (nSPS) is 12.3. The van der Waals surface area contributed by atoms with Gasteiger partial charge in [0, 0.05) is 13.6 Å². The summed E-state index contributed by atoms with van der Waals surface area (Å²) in [4.78, 5) is 0. The van der Waals surface area contributed by atoms with Crippen molar-refractivity contribution in [3.8, 4) is 0 Å². The van der Waals surface area contributed by atoms with E-state index in [-0.39, 0.29) is 0 Å². The van der Waals surface area contributed by atoms with Crippen LogP contribution < -0.4 is 5.14 Å². The highest BCUT2D eigenvalue weighted by molar-refractivity contribution is 7.86. The van der Waals surface area contributed by atoms with Gasteiger partial charge in [-0.15, -0.1) is 0 Å². The molecule has 0 aliphatic rings. The van der Waals surface area contributed by atoms with Crippen molar-refractivity contribution in [3.05, 3.63) is 0 Å². The molecule has 0 fully saturated rings. The Morgan fingerprint density at radius 2 is 1.57 bits per heavy atom. The minimum atomic E-state index is -3.47. The summed E-state index contributed by atoms with van der Waals surface area (Å²) in [7, 11) is -1.95. The van der Waals surface area contributed by atoms with E-state index < -0.39 is 10.2 Å². The lowest BCUT2D eigenvalue weighted by atomic mass is 10.1. The highest BCUT2D eigenvalue weighted by Gasteiger charge is 2.09. The highest BCUT2D eigenvalue weighted by Crippen LogP contribution is 2.05. The van der Waals surface area contributed by atoms with Crippen LogP contribution in [0.2, 0.25) is 0 Å². The molecule has 14 heavy (non-hydrogen) atoms. The summed E-state index contributed by atoms with van der Waals surface area (Å²) in [5.41, 5.74) is 0. The first-order chi connectivity index (χ1) is 6.48. The number of hydrogen-bond donors (Lipinski definition) is 1. The standard InChI is InChI=1S/C9H22N2O2S/c1-3-4-5-6-7-8-9-11(2)14(10,12)13/h3-9H2,1-2H3,(H2,10,12,13). The summed E-state index contributed by atoms with van der Waals surface area (Å²) < 4.78 is 22.8. The molecule has 0 aromatic carbocycles. The average molecular weight is 222 g/mol. The molecule has 0 saturated carbocycles. The zero-order valence-corrected chi connectivity index (χ0v) is 10.0. The third kappa shape index (κ3) is 7.29. The van der Waals surface area contributed by atoms with Crippen LogP contribution in [0.25, 0.3) is 0 Å². The molecule has 0 rings (SSSR count). The van der Waals surface area contributed by atoms with E-state index in [9.17, 15) is 8.42 Å². The molecule has 2 N–H and O–H groups in total. The molecule has 0 aromatic heterocycles. The van der Waals surface area contributed by atoms with Crippen molar-refractivity contribution in [2.24, 2.45) is 5.14 Å². The third-order valence-electron chi connectivity index (χ3n) is 2.26. The molecule has 0 radical (unpaired) electrons. The average Bonchev–Trinajstić information content (AvgIpc) is 2.09. The monoisotopic (exact) mass is 222 g/mol. The summed E-state index contributed by atoms with van der Waals surface area (Å²) in [5.74, 6) is 0. The fraction of sp³-hybridized carbons (Fsp3) is 1.00. The van der Waals surface area contributed by atoms with Gasteiger partial charge in [0.05, 0.1) is 0 Å². The van der Waals surface area contributed by atoms with Crippen LogP contribution in [0.1, 0.15) is 45.4 Å². The largest absolute Gasteiger partial charge is 0.276 e. The number of rotatable bonds is 8. The molecule has 0 atom stereocenters. The lowest BCUT2D eigenvalue weighted by Crippen LogP contribution is -2.33. The van der Waals surface area contributed by atoms with Crippen LogP contribution in [0.4, 0.5) is 0 Å². The first kappa shape index (κ1) is 13.9. The second-order valence-corrected chi connectivity index (χ2v) is 5.29. The molecule has 0 saturated heterocycles. The highest BCUT2D eigenvalue weighted by atomic mass is 32.2. The van der Waals surface area contributed by atoms with Crippen molar-refractivity contribution in [2.45, 2.75) is 45.4 Å². The Labute approximate surface area is 87.7 Å². The molecule has 0 aliphatic carbocycles. The Bertz CT molecular complexity index is 227. The van der Waals surface area contributed by atoms with Crippen LogP contribution in [0.3, 0.4) is 0 Å². The number of nitrogens with zero attached hydrogens (tertiary/aromatic N) is 1. The Kier molecular flexibility index (Phi) is 7.13. The molecular weight excluding hydrogens is 200 g/mol. The van der Waals surface area contributed by atoms with Crippen LogP contribution >= 0.6 is 0 Å². The van der Waals surface area contributed by atoms with E-state index in [1.165, 1.54) is 37.0 Å². The second-order valence-electron chi connectivity index (χ2n) is 3.63. The van der Waals surface area contributed by atoms with Gasteiger partial charge in [0.25, 0.3) is 10.2 Å². The van der Waals surface area contributed by atoms with E-state index >= 15 is 0 Å². The molecule has 0 aromatic rings. The molecule has 86 valence electrons. The molecule has 4 nitrogen and oxygen atoms in total. The van der Waals surface area contributed by atoms with Crippen LogP contribution in [0, 0.1) is 0 Å². The van der Waals surface area contributed by atoms with Gasteiger partial charge in [-0.1, -0.05) is 39.0 Å². The smallest absolute Gasteiger partial charge is 0.216 e. The Morgan fingerprint density at radius 1 is 1.07 bits per heavy atom. The second kappa shape index (κ2) is 7.20. The van der Waals surface area contributed by atoms with Gasteiger partial charge in [-0.3, -0.25) is 0 Å². The third-order valence-corrected chi connectivity index (χ3v) is 3.31. The first-order valence-electron chi connectivity index (χ1n) is 5.22. The van der Waals surface area contributed by atoms with Crippen molar-refractivity contribution < 1.29 is 8.42 Å².